The van der Waals surface area contributed by atoms with Crippen molar-refractivity contribution in [3.63, 3.8) is 0 Å². The second-order valence-electron chi connectivity index (χ2n) is 10.3. The van der Waals surface area contributed by atoms with Crippen LogP contribution in [-0.4, -0.2) is 71.7 Å². The van der Waals surface area contributed by atoms with E-state index in [2.05, 4.69) is 0 Å². The van der Waals surface area contributed by atoms with Gasteiger partial charge < -0.3 is 29.2 Å². The van der Waals surface area contributed by atoms with Crippen LogP contribution in [0.25, 0.3) is 0 Å². The maximum atomic E-state index is 14.0. The monoisotopic (exact) mass is 574 g/mol. The zero-order valence-corrected chi connectivity index (χ0v) is 22.7. The van der Waals surface area contributed by atoms with Crippen molar-refractivity contribution in [2.45, 2.75) is 38.9 Å². The Morgan fingerprint density at radius 2 is 0.952 bits per heavy atom. The Labute approximate surface area is 237 Å². The molecule has 0 bridgehead atoms. The van der Waals surface area contributed by atoms with Crippen molar-refractivity contribution in [1.82, 2.24) is 0 Å². The Balaban J connectivity index is 1.62. The Kier molecular flexibility index (Phi) is 5.85. The molecule has 0 saturated carbocycles. The minimum absolute atomic E-state index is 0.163. The molecule has 0 radical (unpaired) electrons. The number of esters is 2. The summed E-state index contributed by atoms with van der Waals surface area (Å²) in [5.41, 5.74) is -3.45. The lowest BCUT2D eigenvalue weighted by molar-refractivity contribution is 0.0288. The normalized spacial score (nSPS) is 21.3. The number of phenols is 2. The van der Waals surface area contributed by atoms with Crippen LogP contribution in [0.2, 0.25) is 0 Å². The van der Waals surface area contributed by atoms with E-state index < -0.39 is 104 Å². The van der Waals surface area contributed by atoms with Crippen molar-refractivity contribution in [2.24, 2.45) is 0 Å². The first kappa shape index (κ1) is 26.9. The summed E-state index contributed by atoms with van der Waals surface area (Å²) >= 11 is 0. The SMILES string of the molecule is COC1=C(C2=C(OC)C(=O)c3c(c(O)cc4c3C(=O)O[C@@H](C)C4)C2=O)C(=O)c2c(O)cc3c(c2C1=O)C(=O)O[C@@H](C)C3. The largest absolute Gasteiger partial charge is 0.507 e. The van der Waals surface area contributed by atoms with E-state index in [4.69, 9.17) is 18.9 Å². The number of carbonyl (C=O) groups is 6. The molecule has 0 saturated heterocycles. The molecule has 0 fully saturated rings. The molecule has 2 heterocycles. The third kappa shape index (κ3) is 3.47. The fraction of sp³-hybridized carbons (Fsp3) is 0.267. The number of allylic oxidation sites excluding steroid dienone is 4. The molecule has 0 aromatic heterocycles. The Bertz CT molecular complexity index is 1670. The summed E-state index contributed by atoms with van der Waals surface area (Å²) in [6, 6.07) is 2.34. The molecule has 6 rings (SSSR count). The van der Waals surface area contributed by atoms with Gasteiger partial charge in [0.25, 0.3) is 0 Å². The number of cyclic esters (lactones) is 2. The molecule has 2 N–H and O–H groups in total. The fourth-order valence-corrected chi connectivity index (χ4v) is 6.09. The Morgan fingerprint density at radius 1 is 0.595 bits per heavy atom. The van der Waals surface area contributed by atoms with Crippen molar-refractivity contribution < 1.29 is 57.9 Å². The number of ether oxygens (including phenoxy) is 4. The molecule has 2 aromatic carbocycles. The first-order chi connectivity index (χ1) is 19.9. The summed E-state index contributed by atoms with van der Waals surface area (Å²) in [4.78, 5) is 81.4. The number of fused-ring (bicyclic) bond motifs is 6. The highest BCUT2D eigenvalue weighted by molar-refractivity contribution is 6.39. The Hall–Kier alpha value is -5.26. The lowest BCUT2D eigenvalue weighted by atomic mass is 9.74. The molecule has 12 heteroatoms. The summed E-state index contributed by atoms with van der Waals surface area (Å²) in [7, 11) is 2.09. The number of methoxy groups -OCH3 is 2. The van der Waals surface area contributed by atoms with Gasteiger partial charge in [-0.05, 0) is 37.1 Å². The zero-order chi connectivity index (χ0) is 30.4. The molecule has 214 valence electrons. The average Bonchev–Trinajstić information content (AvgIpc) is 2.90. The molecule has 0 unspecified atom stereocenters. The van der Waals surface area contributed by atoms with Crippen LogP contribution >= 0.6 is 0 Å². The molecule has 0 amide bonds. The predicted molar refractivity (Wildman–Crippen MR) is 139 cm³/mol. The first-order valence-corrected chi connectivity index (χ1v) is 12.9. The highest BCUT2D eigenvalue weighted by Crippen LogP contribution is 2.45. The first-order valence-electron chi connectivity index (χ1n) is 12.9. The van der Waals surface area contributed by atoms with E-state index in [-0.39, 0.29) is 35.1 Å². The summed E-state index contributed by atoms with van der Waals surface area (Å²) < 4.78 is 21.1. The van der Waals surface area contributed by atoms with E-state index in [9.17, 15) is 39.0 Å². The molecule has 2 aromatic rings. The zero-order valence-electron chi connectivity index (χ0n) is 22.7. The Morgan fingerprint density at radius 3 is 1.29 bits per heavy atom. The predicted octanol–water partition coefficient (Wildman–Crippen LogP) is 2.56. The molecule has 2 aliphatic carbocycles. The molecule has 2 atom stereocenters. The number of ketones is 4. The highest BCUT2D eigenvalue weighted by Gasteiger charge is 2.49. The molecule has 4 aliphatic rings. The summed E-state index contributed by atoms with van der Waals surface area (Å²) in [6.07, 6.45) is -0.778. The fourth-order valence-electron chi connectivity index (χ4n) is 6.09. The van der Waals surface area contributed by atoms with E-state index in [1.165, 1.54) is 12.1 Å². The number of aromatic hydroxyl groups is 2. The minimum Gasteiger partial charge on any atom is -0.507 e. The molecule has 2 aliphatic heterocycles. The lowest BCUT2D eigenvalue weighted by Gasteiger charge is -2.30. The van der Waals surface area contributed by atoms with Crippen LogP contribution in [0.4, 0.5) is 0 Å². The van der Waals surface area contributed by atoms with Crippen molar-refractivity contribution in [2.75, 3.05) is 14.2 Å². The summed E-state index contributed by atoms with van der Waals surface area (Å²) in [5, 5.41) is 21.8. The van der Waals surface area contributed by atoms with E-state index in [0.717, 1.165) is 14.2 Å². The average molecular weight is 574 g/mol. The van der Waals surface area contributed by atoms with Crippen molar-refractivity contribution in [3.05, 3.63) is 79.3 Å². The maximum absolute atomic E-state index is 14.0. The number of hydrogen-bond acceptors (Lipinski definition) is 12. The standard InChI is InChI=1S/C30H22O12/c1-9-5-11-7-13(31)17-19(15(11)29(37)41-9)25(35)27(39-3)21(23(17)33)22-24(34)18-14(32)8-12-6-10(2)42-30(38)16(12)20(18)26(36)28(22)40-4/h7-10,31-32H,5-6H2,1-4H3/t9-,10-/m0/s1. The number of Topliss-reactive ketones (excluding diaryl/α,β-unsaturated/α-hetero) is 4. The van der Waals surface area contributed by atoms with E-state index in [1.807, 2.05) is 0 Å². The molecular formula is C30H22O12. The molecular weight excluding hydrogens is 552 g/mol. The van der Waals surface area contributed by atoms with Crippen molar-refractivity contribution >= 4 is 35.1 Å². The van der Waals surface area contributed by atoms with Crippen LogP contribution in [0.5, 0.6) is 11.5 Å². The van der Waals surface area contributed by atoms with Gasteiger partial charge in [0, 0.05) is 12.8 Å². The quantitative estimate of drug-likeness (QED) is 0.512. The van der Waals surface area contributed by atoms with Gasteiger partial charge in [0.2, 0.25) is 23.1 Å². The van der Waals surface area contributed by atoms with E-state index in [1.54, 1.807) is 13.8 Å². The number of benzene rings is 2. The van der Waals surface area contributed by atoms with Crippen LogP contribution < -0.4 is 0 Å². The van der Waals surface area contributed by atoms with Gasteiger partial charge >= 0.3 is 11.9 Å². The van der Waals surface area contributed by atoms with Gasteiger partial charge in [-0.25, -0.2) is 9.59 Å². The van der Waals surface area contributed by atoms with Crippen LogP contribution in [0, 0.1) is 0 Å². The van der Waals surface area contributed by atoms with Gasteiger partial charge in [-0.1, -0.05) is 0 Å². The maximum Gasteiger partial charge on any atom is 0.339 e. The smallest absolute Gasteiger partial charge is 0.339 e. The number of carbonyl (C=O) groups excluding carboxylic acids is 6. The second kappa shape index (κ2) is 9.13. The van der Waals surface area contributed by atoms with Gasteiger partial charge in [0.05, 0.1) is 58.7 Å². The van der Waals surface area contributed by atoms with Gasteiger partial charge in [-0.2, -0.15) is 0 Å². The number of phenolic OH excluding ortho intramolecular Hbond substituents is 2. The second-order valence-corrected chi connectivity index (χ2v) is 10.3. The highest BCUT2D eigenvalue weighted by atomic mass is 16.5. The van der Waals surface area contributed by atoms with Crippen molar-refractivity contribution in [1.29, 1.82) is 0 Å². The number of rotatable bonds is 3. The summed E-state index contributed by atoms with van der Waals surface area (Å²) in [5.74, 6) is -8.74. The van der Waals surface area contributed by atoms with Gasteiger partial charge in [0.15, 0.2) is 11.5 Å². The molecule has 42 heavy (non-hydrogen) atoms. The third-order valence-corrected chi connectivity index (χ3v) is 7.70. The van der Waals surface area contributed by atoms with Crippen molar-refractivity contribution in [3.8, 4) is 11.5 Å². The topological polar surface area (TPSA) is 180 Å². The van der Waals surface area contributed by atoms with Crippen LogP contribution in [0.1, 0.15) is 87.1 Å². The van der Waals surface area contributed by atoms with Gasteiger partial charge in [-0.15, -0.1) is 0 Å². The third-order valence-electron chi connectivity index (χ3n) is 7.70. The summed E-state index contributed by atoms with van der Waals surface area (Å²) in [6.45, 7) is 3.25. The minimum atomic E-state index is -1.12. The number of hydrogen-bond donors (Lipinski definition) is 2. The van der Waals surface area contributed by atoms with Crippen LogP contribution in [0.15, 0.2) is 34.8 Å². The molecule has 12 nitrogen and oxygen atoms in total. The van der Waals surface area contributed by atoms with E-state index >= 15 is 0 Å². The van der Waals surface area contributed by atoms with Gasteiger partial charge in [-0.3, -0.25) is 19.2 Å². The lowest BCUT2D eigenvalue weighted by Crippen LogP contribution is -2.36. The van der Waals surface area contributed by atoms with Gasteiger partial charge in [0.1, 0.15) is 23.7 Å². The molecule has 0 spiro atoms. The van der Waals surface area contributed by atoms with Crippen LogP contribution in [0.3, 0.4) is 0 Å². The van der Waals surface area contributed by atoms with E-state index in [0.29, 0.717) is 0 Å². The van der Waals surface area contributed by atoms with Crippen LogP contribution in [-0.2, 0) is 31.8 Å².